The topological polar surface area (TPSA) is 63.9 Å². The number of piperidine rings is 1. The Bertz CT molecular complexity index is 477. The zero-order valence-electron chi connectivity index (χ0n) is 11.9. The van der Waals surface area contributed by atoms with Gasteiger partial charge in [0.05, 0.1) is 5.75 Å². The summed E-state index contributed by atoms with van der Waals surface area (Å²) in [5, 5.41) is 11.9. The average molecular weight is 295 g/mol. The van der Waals surface area contributed by atoms with Crippen LogP contribution in [-0.4, -0.2) is 49.9 Å². The summed E-state index contributed by atoms with van der Waals surface area (Å²) in [6.45, 7) is 1.89. The molecular formula is C13H21N5OS. The number of fused-ring (bicyclic) bond motifs is 1. The molecule has 0 aromatic carbocycles. The molecule has 20 heavy (non-hydrogen) atoms. The fraction of sp³-hybridized carbons (Fsp3) is 0.846. The summed E-state index contributed by atoms with van der Waals surface area (Å²) in [6.07, 6.45) is 6.57. The SMILES string of the molecule is Cn1nnnc1SCC(=O)N1CC[C@@H]2CCCC[C@@H]2C1. The molecule has 2 fully saturated rings. The molecule has 2 atom stereocenters. The molecule has 1 aromatic heterocycles. The maximum Gasteiger partial charge on any atom is 0.233 e. The Morgan fingerprint density at radius 3 is 2.85 bits per heavy atom. The van der Waals surface area contributed by atoms with E-state index in [2.05, 4.69) is 15.5 Å². The number of hydrogen-bond donors (Lipinski definition) is 0. The molecule has 0 bridgehead atoms. The predicted molar refractivity (Wildman–Crippen MR) is 76.2 cm³/mol. The maximum atomic E-state index is 12.3. The second-order valence-corrected chi connectivity index (χ2v) is 6.75. The van der Waals surface area contributed by atoms with E-state index in [0.29, 0.717) is 10.9 Å². The van der Waals surface area contributed by atoms with E-state index in [-0.39, 0.29) is 5.91 Å². The second kappa shape index (κ2) is 6.11. The fourth-order valence-electron chi connectivity index (χ4n) is 3.39. The van der Waals surface area contributed by atoms with Crippen LogP contribution in [0.3, 0.4) is 0 Å². The van der Waals surface area contributed by atoms with Crippen molar-refractivity contribution in [2.75, 3.05) is 18.8 Å². The van der Waals surface area contributed by atoms with Crippen LogP contribution in [0, 0.1) is 11.8 Å². The summed E-state index contributed by atoms with van der Waals surface area (Å²) in [7, 11) is 1.79. The summed E-state index contributed by atoms with van der Waals surface area (Å²) in [5.41, 5.74) is 0. The number of likely N-dealkylation sites (tertiary alicyclic amines) is 1. The smallest absolute Gasteiger partial charge is 0.233 e. The molecule has 1 saturated heterocycles. The highest BCUT2D eigenvalue weighted by Crippen LogP contribution is 2.36. The van der Waals surface area contributed by atoms with Crippen molar-refractivity contribution in [3.05, 3.63) is 0 Å². The number of carbonyl (C=O) groups excluding carboxylic acids is 1. The Morgan fingerprint density at radius 2 is 2.10 bits per heavy atom. The summed E-state index contributed by atoms with van der Waals surface area (Å²) in [6, 6.07) is 0. The van der Waals surface area contributed by atoms with Gasteiger partial charge in [-0.1, -0.05) is 31.0 Å². The van der Waals surface area contributed by atoms with Gasteiger partial charge in [0.15, 0.2) is 0 Å². The van der Waals surface area contributed by atoms with E-state index in [1.54, 1.807) is 11.7 Å². The lowest BCUT2D eigenvalue weighted by atomic mass is 9.75. The van der Waals surface area contributed by atoms with Crippen molar-refractivity contribution in [2.45, 2.75) is 37.3 Å². The number of tetrazole rings is 1. The third-order valence-electron chi connectivity index (χ3n) is 4.55. The lowest BCUT2D eigenvalue weighted by Gasteiger charge is -2.41. The lowest BCUT2D eigenvalue weighted by Crippen LogP contribution is -2.45. The molecule has 7 heteroatoms. The number of carbonyl (C=O) groups is 1. The zero-order chi connectivity index (χ0) is 13.9. The first-order chi connectivity index (χ1) is 9.74. The molecule has 2 heterocycles. The molecule has 1 saturated carbocycles. The van der Waals surface area contributed by atoms with Crippen molar-refractivity contribution in [3.8, 4) is 0 Å². The summed E-state index contributed by atoms with van der Waals surface area (Å²) >= 11 is 1.42. The van der Waals surface area contributed by atoms with Gasteiger partial charge in [-0.2, -0.15) is 0 Å². The van der Waals surface area contributed by atoms with Gasteiger partial charge < -0.3 is 4.90 Å². The minimum absolute atomic E-state index is 0.224. The van der Waals surface area contributed by atoms with Gasteiger partial charge in [0.1, 0.15) is 0 Å². The lowest BCUT2D eigenvalue weighted by molar-refractivity contribution is -0.131. The first-order valence-electron chi connectivity index (χ1n) is 7.37. The highest BCUT2D eigenvalue weighted by molar-refractivity contribution is 7.99. The number of amides is 1. The number of aryl methyl sites for hydroxylation is 1. The Balaban J connectivity index is 1.51. The van der Waals surface area contributed by atoms with Crippen molar-refractivity contribution in [3.63, 3.8) is 0 Å². The highest BCUT2D eigenvalue weighted by Gasteiger charge is 2.32. The highest BCUT2D eigenvalue weighted by atomic mass is 32.2. The van der Waals surface area contributed by atoms with Gasteiger partial charge in [0.25, 0.3) is 0 Å². The van der Waals surface area contributed by atoms with Crippen molar-refractivity contribution >= 4 is 17.7 Å². The molecule has 2 aliphatic rings. The number of thioether (sulfide) groups is 1. The third-order valence-corrected chi connectivity index (χ3v) is 5.55. The second-order valence-electron chi connectivity index (χ2n) is 5.81. The van der Waals surface area contributed by atoms with Gasteiger partial charge >= 0.3 is 0 Å². The van der Waals surface area contributed by atoms with Gasteiger partial charge in [0, 0.05) is 20.1 Å². The van der Waals surface area contributed by atoms with Crippen LogP contribution in [0.4, 0.5) is 0 Å². The first-order valence-corrected chi connectivity index (χ1v) is 8.35. The monoisotopic (exact) mass is 295 g/mol. The van der Waals surface area contributed by atoms with Gasteiger partial charge in [-0.05, 0) is 35.1 Å². The molecule has 0 N–H and O–H groups in total. The van der Waals surface area contributed by atoms with E-state index in [1.807, 2.05) is 4.90 Å². The van der Waals surface area contributed by atoms with Crippen molar-refractivity contribution in [1.82, 2.24) is 25.1 Å². The number of nitrogens with zero attached hydrogens (tertiary/aromatic N) is 5. The molecule has 0 spiro atoms. The Labute approximate surface area is 123 Å². The van der Waals surface area contributed by atoms with Crippen LogP contribution >= 0.6 is 11.8 Å². The van der Waals surface area contributed by atoms with Crippen LogP contribution < -0.4 is 0 Å². The average Bonchev–Trinajstić information content (AvgIpc) is 2.89. The predicted octanol–water partition coefficient (Wildman–Crippen LogP) is 1.34. The fourth-order valence-corrected chi connectivity index (χ4v) is 4.14. The largest absolute Gasteiger partial charge is 0.342 e. The van der Waals surface area contributed by atoms with E-state index in [1.165, 1.54) is 43.9 Å². The first kappa shape index (κ1) is 13.9. The molecule has 0 unspecified atom stereocenters. The van der Waals surface area contributed by atoms with Gasteiger partial charge in [-0.3, -0.25) is 4.79 Å². The summed E-state index contributed by atoms with van der Waals surface area (Å²) < 4.78 is 1.60. The number of hydrogen-bond acceptors (Lipinski definition) is 5. The normalized spacial score (nSPS) is 26.4. The minimum atomic E-state index is 0.224. The maximum absolute atomic E-state index is 12.3. The standard InChI is InChI=1S/C13H21N5OS/c1-17-13(14-15-16-17)20-9-12(19)18-7-6-10-4-2-3-5-11(10)8-18/h10-11H,2-9H2,1H3/t10-,11+/m0/s1. The third kappa shape index (κ3) is 2.97. The number of aromatic nitrogens is 4. The Hall–Kier alpha value is -1.11. The quantitative estimate of drug-likeness (QED) is 0.787. The van der Waals surface area contributed by atoms with E-state index in [9.17, 15) is 4.79 Å². The van der Waals surface area contributed by atoms with Crippen LogP contribution in [0.25, 0.3) is 0 Å². The molecule has 1 aliphatic heterocycles. The van der Waals surface area contributed by atoms with Crippen LogP contribution in [0.15, 0.2) is 5.16 Å². The van der Waals surface area contributed by atoms with Gasteiger partial charge in [-0.25, -0.2) is 4.68 Å². The summed E-state index contributed by atoms with van der Waals surface area (Å²) in [4.78, 5) is 14.4. The Kier molecular flexibility index (Phi) is 4.24. The van der Waals surface area contributed by atoms with E-state index < -0.39 is 0 Å². The zero-order valence-corrected chi connectivity index (χ0v) is 12.7. The van der Waals surface area contributed by atoms with Crippen LogP contribution in [-0.2, 0) is 11.8 Å². The van der Waals surface area contributed by atoms with Crippen LogP contribution in [0.2, 0.25) is 0 Å². The molecule has 0 radical (unpaired) electrons. The molecule has 3 rings (SSSR count). The minimum Gasteiger partial charge on any atom is -0.342 e. The van der Waals surface area contributed by atoms with E-state index in [0.717, 1.165) is 24.9 Å². The molecule has 1 aliphatic carbocycles. The molecular weight excluding hydrogens is 274 g/mol. The molecule has 1 amide bonds. The van der Waals surface area contributed by atoms with Crippen molar-refractivity contribution < 1.29 is 4.79 Å². The molecule has 6 nitrogen and oxygen atoms in total. The molecule has 1 aromatic rings. The number of rotatable bonds is 3. The molecule has 110 valence electrons. The Morgan fingerprint density at radius 1 is 1.30 bits per heavy atom. The van der Waals surface area contributed by atoms with Crippen LogP contribution in [0.5, 0.6) is 0 Å². The van der Waals surface area contributed by atoms with Gasteiger partial charge in [0.2, 0.25) is 11.1 Å². The van der Waals surface area contributed by atoms with Crippen molar-refractivity contribution in [1.29, 1.82) is 0 Å². The van der Waals surface area contributed by atoms with Crippen LogP contribution in [0.1, 0.15) is 32.1 Å². The van der Waals surface area contributed by atoms with Crippen molar-refractivity contribution in [2.24, 2.45) is 18.9 Å². The summed E-state index contributed by atoms with van der Waals surface area (Å²) in [5.74, 6) is 2.26. The van der Waals surface area contributed by atoms with Gasteiger partial charge in [-0.15, -0.1) is 5.10 Å². The van der Waals surface area contributed by atoms with E-state index in [4.69, 9.17) is 0 Å². The van der Waals surface area contributed by atoms with E-state index >= 15 is 0 Å².